The normalized spacial score (nSPS) is 14.8. The molecule has 0 aliphatic heterocycles. The van der Waals surface area contributed by atoms with E-state index in [2.05, 4.69) is 0 Å². The van der Waals surface area contributed by atoms with Crippen molar-refractivity contribution in [2.45, 2.75) is 12.5 Å². The van der Waals surface area contributed by atoms with E-state index < -0.39 is 17.3 Å². The lowest BCUT2D eigenvalue weighted by Gasteiger charge is -2.21. The van der Waals surface area contributed by atoms with Crippen LogP contribution >= 0.6 is 0 Å². The van der Waals surface area contributed by atoms with Crippen molar-refractivity contribution < 1.29 is 14.3 Å². The largest absolute Gasteiger partial charge is 0.480 e. The highest BCUT2D eigenvalue weighted by atomic mass is 19.1. The van der Waals surface area contributed by atoms with Gasteiger partial charge < -0.3 is 16.6 Å². The van der Waals surface area contributed by atoms with Gasteiger partial charge in [-0.3, -0.25) is 0 Å². The number of anilines is 1. The molecule has 0 aromatic heterocycles. The van der Waals surface area contributed by atoms with E-state index in [9.17, 15) is 9.18 Å². The summed E-state index contributed by atoms with van der Waals surface area (Å²) in [4.78, 5) is 10.8. The highest BCUT2D eigenvalue weighted by Gasteiger charge is 2.34. The van der Waals surface area contributed by atoms with Gasteiger partial charge in [-0.25, -0.2) is 9.18 Å². The summed E-state index contributed by atoms with van der Waals surface area (Å²) in [6, 6.07) is 3.93. The van der Waals surface area contributed by atoms with Gasteiger partial charge in [0.1, 0.15) is 11.4 Å². The molecule has 5 N–H and O–H groups in total. The molecule has 0 bridgehead atoms. The third-order valence-corrected chi connectivity index (χ3v) is 2.01. The zero-order valence-corrected chi connectivity index (χ0v) is 7.62. The zero-order valence-electron chi connectivity index (χ0n) is 7.62. The molecule has 0 amide bonds. The Bertz CT molecular complexity index is 357. The van der Waals surface area contributed by atoms with Crippen LogP contribution in [0.3, 0.4) is 0 Å². The Morgan fingerprint density at radius 2 is 2.14 bits per heavy atom. The Morgan fingerprint density at radius 3 is 2.57 bits per heavy atom. The predicted octanol–water partition coefficient (Wildman–Crippen LogP) is 0.666. The van der Waals surface area contributed by atoms with E-state index in [1.807, 2.05) is 0 Å². The van der Waals surface area contributed by atoms with Crippen LogP contribution in [0.25, 0.3) is 0 Å². The predicted molar refractivity (Wildman–Crippen MR) is 50.0 cm³/mol. The first-order valence-corrected chi connectivity index (χ1v) is 3.94. The third kappa shape index (κ3) is 1.54. The number of carboxylic acid groups (broad SMARTS) is 1. The van der Waals surface area contributed by atoms with Crippen LogP contribution in [0.4, 0.5) is 10.1 Å². The summed E-state index contributed by atoms with van der Waals surface area (Å²) in [5.41, 5.74) is 8.97. The molecule has 0 heterocycles. The Morgan fingerprint density at radius 1 is 1.57 bits per heavy atom. The number of nitrogen functional groups attached to an aromatic ring is 1. The summed E-state index contributed by atoms with van der Waals surface area (Å²) in [6.45, 7) is 1.20. The fourth-order valence-corrected chi connectivity index (χ4v) is 1.20. The molecule has 0 spiro atoms. The summed E-state index contributed by atoms with van der Waals surface area (Å²) < 4.78 is 13.3. The topological polar surface area (TPSA) is 89.3 Å². The van der Waals surface area contributed by atoms with Gasteiger partial charge in [-0.1, -0.05) is 6.07 Å². The van der Waals surface area contributed by atoms with Crippen LogP contribution in [0.15, 0.2) is 18.2 Å². The van der Waals surface area contributed by atoms with E-state index >= 15 is 0 Å². The molecule has 0 aliphatic carbocycles. The number of nitrogens with two attached hydrogens (primary N) is 2. The fourth-order valence-electron chi connectivity index (χ4n) is 1.20. The lowest BCUT2D eigenvalue weighted by atomic mass is 9.91. The van der Waals surface area contributed by atoms with E-state index in [4.69, 9.17) is 16.6 Å². The first-order chi connectivity index (χ1) is 6.37. The average molecular weight is 198 g/mol. The van der Waals surface area contributed by atoms with E-state index in [0.29, 0.717) is 0 Å². The molecule has 0 saturated carbocycles. The van der Waals surface area contributed by atoms with Crippen LogP contribution in [0, 0.1) is 5.82 Å². The zero-order chi connectivity index (χ0) is 10.9. The van der Waals surface area contributed by atoms with Gasteiger partial charge in [-0.05, 0) is 19.1 Å². The Kier molecular flexibility index (Phi) is 2.44. The third-order valence-electron chi connectivity index (χ3n) is 2.01. The maximum Gasteiger partial charge on any atom is 0.328 e. The second kappa shape index (κ2) is 3.26. The smallest absolute Gasteiger partial charge is 0.328 e. The molecule has 4 nitrogen and oxygen atoms in total. The Labute approximate surface area is 80.3 Å². The van der Waals surface area contributed by atoms with Crippen molar-refractivity contribution in [1.82, 2.24) is 0 Å². The van der Waals surface area contributed by atoms with Gasteiger partial charge >= 0.3 is 5.97 Å². The van der Waals surface area contributed by atoms with Crippen LogP contribution in [0.2, 0.25) is 0 Å². The van der Waals surface area contributed by atoms with Gasteiger partial charge in [-0.15, -0.1) is 0 Å². The van der Waals surface area contributed by atoms with Crippen molar-refractivity contribution in [3.63, 3.8) is 0 Å². The first kappa shape index (κ1) is 10.5. The van der Waals surface area contributed by atoms with Crippen LogP contribution in [-0.2, 0) is 10.3 Å². The highest BCUT2D eigenvalue weighted by molar-refractivity contribution is 5.82. The monoisotopic (exact) mass is 198 g/mol. The molecule has 0 radical (unpaired) electrons. The summed E-state index contributed by atoms with van der Waals surface area (Å²) in [5.74, 6) is -2.04. The molecular formula is C9H11FN2O2. The van der Waals surface area contributed by atoms with E-state index in [1.165, 1.54) is 19.1 Å². The van der Waals surface area contributed by atoms with E-state index in [-0.39, 0.29) is 11.3 Å². The molecular weight excluding hydrogens is 187 g/mol. The van der Waals surface area contributed by atoms with Gasteiger partial charge in [0.05, 0.1) is 0 Å². The van der Waals surface area contributed by atoms with Crippen LogP contribution in [0.5, 0.6) is 0 Å². The lowest BCUT2D eigenvalue weighted by molar-refractivity contribution is -0.143. The fraction of sp³-hybridized carbons (Fsp3) is 0.222. The van der Waals surface area contributed by atoms with Gasteiger partial charge in [0.25, 0.3) is 0 Å². The van der Waals surface area contributed by atoms with Crippen LogP contribution in [0.1, 0.15) is 12.5 Å². The van der Waals surface area contributed by atoms with Crippen molar-refractivity contribution in [3.8, 4) is 0 Å². The number of hydrogen-bond donors (Lipinski definition) is 3. The van der Waals surface area contributed by atoms with Crippen molar-refractivity contribution >= 4 is 11.7 Å². The van der Waals surface area contributed by atoms with Crippen molar-refractivity contribution in [2.75, 3.05) is 5.73 Å². The number of halogens is 1. The molecule has 0 aliphatic rings. The van der Waals surface area contributed by atoms with Gasteiger partial charge in [0, 0.05) is 11.3 Å². The van der Waals surface area contributed by atoms with Gasteiger partial charge in [0.2, 0.25) is 0 Å². The summed E-state index contributed by atoms with van der Waals surface area (Å²) in [7, 11) is 0. The maximum atomic E-state index is 13.3. The van der Waals surface area contributed by atoms with E-state index in [1.54, 1.807) is 0 Å². The molecule has 1 rings (SSSR count). The number of rotatable bonds is 2. The molecule has 0 unspecified atom stereocenters. The molecule has 1 aromatic carbocycles. The molecule has 5 heteroatoms. The van der Waals surface area contributed by atoms with Gasteiger partial charge in [0.15, 0.2) is 0 Å². The first-order valence-electron chi connectivity index (χ1n) is 3.94. The SMILES string of the molecule is C[C@](N)(C(=O)O)c1c(N)cccc1F. The summed E-state index contributed by atoms with van der Waals surface area (Å²) in [6.07, 6.45) is 0. The molecule has 14 heavy (non-hydrogen) atoms. The second-order valence-corrected chi connectivity index (χ2v) is 3.21. The van der Waals surface area contributed by atoms with E-state index in [0.717, 1.165) is 6.07 Å². The van der Waals surface area contributed by atoms with Crippen molar-refractivity contribution in [3.05, 3.63) is 29.6 Å². The van der Waals surface area contributed by atoms with Crippen LogP contribution in [-0.4, -0.2) is 11.1 Å². The average Bonchev–Trinajstić information content (AvgIpc) is 2.02. The summed E-state index contributed by atoms with van der Waals surface area (Å²) in [5, 5.41) is 8.80. The number of aliphatic carboxylic acids is 1. The number of carboxylic acids is 1. The second-order valence-electron chi connectivity index (χ2n) is 3.21. The molecule has 1 aromatic rings. The maximum absolute atomic E-state index is 13.3. The quantitative estimate of drug-likeness (QED) is 0.609. The van der Waals surface area contributed by atoms with Crippen molar-refractivity contribution in [2.24, 2.45) is 5.73 Å². The number of carbonyl (C=O) groups is 1. The Hall–Kier alpha value is -1.62. The number of benzene rings is 1. The highest BCUT2D eigenvalue weighted by Crippen LogP contribution is 2.26. The molecule has 1 atom stereocenters. The molecule has 76 valence electrons. The molecule has 0 saturated heterocycles. The lowest BCUT2D eigenvalue weighted by Crippen LogP contribution is -2.43. The van der Waals surface area contributed by atoms with Crippen LogP contribution < -0.4 is 11.5 Å². The van der Waals surface area contributed by atoms with Crippen molar-refractivity contribution in [1.29, 1.82) is 0 Å². The number of hydrogen-bond acceptors (Lipinski definition) is 3. The standard InChI is InChI=1S/C9H11FN2O2/c1-9(12,8(13)14)7-5(10)3-2-4-6(7)11/h2-4H,11-12H2,1H3,(H,13,14)/t9-/m1/s1. The minimum atomic E-state index is -1.81. The molecule has 0 fully saturated rings. The Balaban J connectivity index is 3.38. The minimum Gasteiger partial charge on any atom is -0.480 e. The minimum absolute atomic E-state index is 0.0393. The summed E-state index contributed by atoms with van der Waals surface area (Å²) >= 11 is 0. The van der Waals surface area contributed by atoms with Gasteiger partial charge in [-0.2, -0.15) is 0 Å².